The van der Waals surface area contributed by atoms with Crippen LogP contribution in [0.2, 0.25) is 0 Å². The van der Waals surface area contributed by atoms with Gasteiger partial charge in [-0.2, -0.15) is 0 Å². The van der Waals surface area contributed by atoms with Crippen molar-refractivity contribution in [1.29, 1.82) is 0 Å². The zero-order chi connectivity index (χ0) is 13.7. The lowest BCUT2D eigenvalue weighted by molar-refractivity contribution is -0.129. The standard InChI is InChI=1S/C13H13NO3S2/c1-9(17-13(16)11-5-3-7-19-11)12(15)14-8-10-4-2-6-18-10/h2-7,9H,8H2,1H3,(H,14,15)/t9-/m1/s1. The van der Waals surface area contributed by atoms with E-state index in [1.807, 2.05) is 17.5 Å². The highest BCUT2D eigenvalue weighted by Crippen LogP contribution is 2.11. The fourth-order valence-corrected chi connectivity index (χ4v) is 2.65. The van der Waals surface area contributed by atoms with Crippen molar-refractivity contribution in [2.24, 2.45) is 0 Å². The van der Waals surface area contributed by atoms with Crippen LogP contribution in [0.3, 0.4) is 0 Å². The Bertz CT molecular complexity index is 534. The monoisotopic (exact) mass is 295 g/mol. The number of carbonyl (C=O) groups is 2. The lowest BCUT2D eigenvalue weighted by Gasteiger charge is -2.12. The maximum absolute atomic E-state index is 11.8. The Kier molecular flexibility index (Phi) is 4.70. The second-order valence-corrected chi connectivity index (χ2v) is 5.80. The van der Waals surface area contributed by atoms with Crippen molar-refractivity contribution in [3.05, 3.63) is 44.8 Å². The van der Waals surface area contributed by atoms with Crippen molar-refractivity contribution >= 4 is 34.6 Å². The molecule has 0 fully saturated rings. The minimum atomic E-state index is -0.797. The fraction of sp³-hybridized carbons (Fsp3) is 0.231. The van der Waals surface area contributed by atoms with Crippen LogP contribution in [0, 0.1) is 0 Å². The second kappa shape index (κ2) is 6.49. The zero-order valence-electron chi connectivity index (χ0n) is 10.3. The number of nitrogens with one attached hydrogen (secondary N) is 1. The zero-order valence-corrected chi connectivity index (χ0v) is 11.9. The lowest BCUT2D eigenvalue weighted by Crippen LogP contribution is -2.35. The van der Waals surface area contributed by atoms with Gasteiger partial charge in [-0.3, -0.25) is 4.79 Å². The summed E-state index contributed by atoms with van der Waals surface area (Å²) in [6, 6.07) is 7.30. The third kappa shape index (κ3) is 3.90. The van der Waals surface area contributed by atoms with Crippen LogP contribution in [-0.2, 0) is 16.1 Å². The van der Waals surface area contributed by atoms with Gasteiger partial charge in [0.2, 0.25) is 0 Å². The molecule has 19 heavy (non-hydrogen) atoms. The van der Waals surface area contributed by atoms with Gasteiger partial charge in [0.25, 0.3) is 5.91 Å². The maximum atomic E-state index is 11.8. The molecule has 0 spiro atoms. The Hall–Kier alpha value is -1.66. The van der Waals surface area contributed by atoms with E-state index in [1.165, 1.54) is 11.3 Å². The van der Waals surface area contributed by atoms with Crippen LogP contribution in [0.4, 0.5) is 0 Å². The van der Waals surface area contributed by atoms with Gasteiger partial charge in [-0.25, -0.2) is 4.79 Å². The Labute approximate surface area is 119 Å². The van der Waals surface area contributed by atoms with Crippen LogP contribution < -0.4 is 5.32 Å². The van der Waals surface area contributed by atoms with Crippen LogP contribution >= 0.6 is 22.7 Å². The van der Waals surface area contributed by atoms with Crippen molar-refractivity contribution in [1.82, 2.24) is 5.32 Å². The summed E-state index contributed by atoms with van der Waals surface area (Å²) in [5, 5.41) is 6.47. The summed E-state index contributed by atoms with van der Waals surface area (Å²) in [7, 11) is 0. The number of hydrogen-bond donors (Lipinski definition) is 1. The number of ether oxygens (including phenoxy) is 1. The summed E-state index contributed by atoms with van der Waals surface area (Å²) in [4.78, 5) is 25.0. The van der Waals surface area contributed by atoms with E-state index in [4.69, 9.17) is 4.74 Å². The summed E-state index contributed by atoms with van der Waals surface area (Å²) in [5.74, 6) is -0.757. The smallest absolute Gasteiger partial charge is 0.349 e. The summed E-state index contributed by atoms with van der Waals surface area (Å²) < 4.78 is 5.09. The van der Waals surface area contributed by atoms with Gasteiger partial charge in [0.05, 0.1) is 6.54 Å². The molecule has 1 N–H and O–H groups in total. The van der Waals surface area contributed by atoms with E-state index < -0.39 is 12.1 Å². The highest BCUT2D eigenvalue weighted by molar-refractivity contribution is 7.12. The molecule has 2 aromatic rings. The van der Waals surface area contributed by atoms with Gasteiger partial charge >= 0.3 is 5.97 Å². The molecule has 2 rings (SSSR count). The number of rotatable bonds is 5. The first-order chi connectivity index (χ1) is 9.16. The topological polar surface area (TPSA) is 55.4 Å². The molecule has 100 valence electrons. The van der Waals surface area contributed by atoms with Gasteiger partial charge in [-0.05, 0) is 29.8 Å². The number of amides is 1. The van der Waals surface area contributed by atoms with Crippen LogP contribution in [0.15, 0.2) is 35.0 Å². The number of carbonyl (C=O) groups excluding carboxylic acids is 2. The van der Waals surface area contributed by atoms with E-state index in [-0.39, 0.29) is 5.91 Å². The molecule has 6 heteroatoms. The predicted octanol–water partition coefficient (Wildman–Crippen LogP) is 2.67. The molecule has 1 amide bonds. The average molecular weight is 295 g/mol. The van der Waals surface area contributed by atoms with E-state index >= 15 is 0 Å². The van der Waals surface area contributed by atoms with E-state index in [1.54, 1.807) is 35.8 Å². The molecule has 1 atom stereocenters. The summed E-state index contributed by atoms with van der Waals surface area (Å²) in [5.41, 5.74) is 0. The first-order valence-corrected chi connectivity index (χ1v) is 7.47. The highest BCUT2D eigenvalue weighted by atomic mass is 32.1. The SMILES string of the molecule is C[C@@H](OC(=O)c1cccs1)C(=O)NCc1cccs1. The average Bonchev–Trinajstić information content (AvgIpc) is 3.08. The van der Waals surface area contributed by atoms with Crippen molar-refractivity contribution in [2.75, 3.05) is 0 Å². The van der Waals surface area contributed by atoms with E-state index in [0.29, 0.717) is 11.4 Å². The Balaban J connectivity index is 1.80. The molecule has 2 aromatic heterocycles. The molecule has 0 unspecified atom stereocenters. The molecule has 0 saturated carbocycles. The van der Waals surface area contributed by atoms with Crippen LogP contribution in [0.1, 0.15) is 21.5 Å². The van der Waals surface area contributed by atoms with Gasteiger partial charge in [0.1, 0.15) is 4.88 Å². The molecule has 0 aliphatic rings. The van der Waals surface area contributed by atoms with Crippen molar-refractivity contribution in [3.63, 3.8) is 0 Å². The van der Waals surface area contributed by atoms with Gasteiger partial charge < -0.3 is 10.1 Å². The molecule has 0 radical (unpaired) electrons. The highest BCUT2D eigenvalue weighted by Gasteiger charge is 2.19. The molecule has 2 heterocycles. The van der Waals surface area contributed by atoms with Gasteiger partial charge in [0, 0.05) is 4.88 Å². The number of thiophene rings is 2. The lowest BCUT2D eigenvalue weighted by atomic mass is 10.3. The van der Waals surface area contributed by atoms with E-state index in [9.17, 15) is 9.59 Å². The molecule has 0 aliphatic carbocycles. The van der Waals surface area contributed by atoms with Crippen molar-refractivity contribution in [3.8, 4) is 0 Å². The Morgan fingerprint density at radius 3 is 2.63 bits per heavy atom. The molecule has 0 aliphatic heterocycles. The van der Waals surface area contributed by atoms with E-state index in [2.05, 4.69) is 5.32 Å². The summed E-state index contributed by atoms with van der Waals surface area (Å²) in [6.07, 6.45) is -0.797. The normalized spacial score (nSPS) is 11.8. The van der Waals surface area contributed by atoms with Gasteiger partial charge in [-0.15, -0.1) is 22.7 Å². The maximum Gasteiger partial charge on any atom is 0.349 e. The largest absolute Gasteiger partial charge is 0.448 e. The fourth-order valence-electron chi connectivity index (χ4n) is 1.40. The van der Waals surface area contributed by atoms with E-state index in [0.717, 1.165) is 4.88 Å². The molecule has 0 bridgehead atoms. The van der Waals surface area contributed by atoms with Crippen molar-refractivity contribution < 1.29 is 14.3 Å². The third-order valence-corrected chi connectivity index (χ3v) is 4.12. The molecular weight excluding hydrogens is 282 g/mol. The number of esters is 1. The predicted molar refractivity (Wildman–Crippen MR) is 75.4 cm³/mol. The minimum Gasteiger partial charge on any atom is -0.448 e. The van der Waals surface area contributed by atoms with Crippen LogP contribution in [0.5, 0.6) is 0 Å². The second-order valence-electron chi connectivity index (χ2n) is 3.82. The minimum absolute atomic E-state index is 0.293. The number of hydrogen-bond acceptors (Lipinski definition) is 5. The first kappa shape index (κ1) is 13.8. The summed E-state index contributed by atoms with van der Waals surface area (Å²) >= 11 is 2.86. The van der Waals surface area contributed by atoms with Crippen molar-refractivity contribution in [2.45, 2.75) is 19.6 Å². The molecule has 0 aromatic carbocycles. The third-order valence-electron chi connectivity index (χ3n) is 2.39. The van der Waals surface area contributed by atoms with Gasteiger partial charge in [0.15, 0.2) is 6.10 Å². The molecule has 4 nitrogen and oxygen atoms in total. The molecular formula is C13H13NO3S2. The van der Waals surface area contributed by atoms with Crippen LogP contribution in [0.25, 0.3) is 0 Å². The first-order valence-electron chi connectivity index (χ1n) is 5.71. The molecule has 0 saturated heterocycles. The quantitative estimate of drug-likeness (QED) is 0.863. The van der Waals surface area contributed by atoms with Gasteiger partial charge in [-0.1, -0.05) is 12.1 Å². The Morgan fingerprint density at radius 2 is 2.00 bits per heavy atom. The summed E-state index contributed by atoms with van der Waals surface area (Å²) in [6.45, 7) is 2.02. The van der Waals surface area contributed by atoms with Crippen LogP contribution in [-0.4, -0.2) is 18.0 Å². The Morgan fingerprint density at radius 1 is 1.26 bits per heavy atom.